The molecule has 1 amide bonds. The van der Waals surface area contributed by atoms with Crippen molar-refractivity contribution in [3.63, 3.8) is 0 Å². The minimum atomic E-state index is -0.0612. The van der Waals surface area contributed by atoms with Gasteiger partial charge in [0.2, 0.25) is 0 Å². The van der Waals surface area contributed by atoms with Crippen molar-refractivity contribution in [1.29, 1.82) is 0 Å². The van der Waals surface area contributed by atoms with Crippen molar-refractivity contribution >= 4 is 17.5 Å². The summed E-state index contributed by atoms with van der Waals surface area (Å²) in [6.45, 7) is 1.27. The molecule has 1 aliphatic rings. The number of ether oxygens (including phenoxy) is 2. The molecule has 5 heteroatoms. The molecule has 1 aromatic rings. The zero-order valence-electron chi connectivity index (χ0n) is 10.5. The summed E-state index contributed by atoms with van der Waals surface area (Å²) in [6, 6.07) is 5.29. The molecule has 18 heavy (non-hydrogen) atoms. The Kier molecular flexibility index (Phi) is 3.97. The number of nitrogens with zero attached hydrogens (tertiary/aromatic N) is 1. The van der Waals surface area contributed by atoms with Gasteiger partial charge in [-0.3, -0.25) is 4.79 Å². The normalized spacial score (nSPS) is 18.8. The van der Waals surface area contributed by atoms with Crippen LogP contribution in [0.25, 0.3) is 0 Å². The lowest BCUT2D eigenvalue weighted by Crippen LogP contribution is -2.29. The topological polar surface area (TPSA) is 38.8 Å². The number of para-hydroxylation sites is 1. The number of likely N-dealkylation sites (tertiary alicyclic amines) is 1. The van der Waals surface area contributed by atoms with E-state index in [0.29, 0.717) is 30.2 Å². The fourth-order valence-corrected chi connectivity index (χ4v) is 2.39. The zero-order valence-corrected chi connectivity index (χ0v) is 11.2. The maximum atomic E-state index is 12.4. The molecule has 1 aliphatic heterocycles. The Hall–Kier alpha value is -1.42. The summed E-state index contributed by atoms with van der Waals surface area (Å²) < 4.78 is 10.5. The first kappa shape index (κ1) is 13.0. The first-order valence-corrected chi connectivity index (χ1v) is 6.25. The lowest BCUT2D eigenvalue weighted by molar-refractivity contribution is 0.0789. The lowest BCUT2D eigenvalue weighted by Gasteiger charge is -2.18. The molecule has 0 saturated carbocycles. The largest absolute Gasteiger partial charge is 0.493 e. The Morgan fingerprint density at radius 3 is 2.72 bits per heavy atom. The van der Waals surface area contributed by atoms with E-state index in [4.69, 9.17) is 21.1 Å². The van der Waals surface area contributed by atoms with Crippen LogP contribution in [-0.2, 0) is 0 Å². The third-order valence-corrected chi connectivity index (χ3v) is 3.41. The average Bonchev–Trinajstić information content (AvgIpc) is 2.83. The van der Waals surface area contributed by atoms with E-state index in [1.807, 2.05) is 0 Å². The minimum Gasteiger partial charge on any atom is -0.493 e. The van der Waals surface area contributed by atoms with E-state index >= 15 is 0 Å². The van der Waals surface area contributed by atoms with Crippen LogP contribution < -0.4 is 9.47 Å². The number of benzene rings is 1. The third-order valence-electron chi connectivity index (χ3n) is 3.05. The van der Waals surface area contributed by atoms with Gasteiger partial charge in [-0.25, -0.2) is 0 Å². The Balaban J connectivity index is 2.30. The fraction of sp³-hybridized carbons (Fsp3) is 0.462. The molecule has 2 rings (SSSR count). The van der Waals surface area contributed by atoms with Gasteiger partial charge in [-0.1, -0.05) is 6.07 Å². The van der Waals surface area contributed by atoms with Crippen molar-refractivity contribution in [2.45, 2.75) is 11.8 Å². The molecular weight excluding hydrogens is 254 g/mol. The van der Waals surface area contributed by atoms with Gasteiger partial charge < -0.3 is 14.4 Å². The Morgan fingerprint density at radius 1 is 1.39 bits per heavy atom. The molecule has 0 spiro atoms. The quantitative estimate of drug-likeness (QED) is 0.790. The molecule has 0 aliphatic carbocycles. The van der Waals surface area contributed by atoms with E-state index in [0.717, 1.165) is 6.42 Å². The highest BCUT2D eigenvalue weighted by molar-refractivity contribution is 6.21. The second kappa shape index (κ2) is 5.48. The molecule has 0 bridgehead atoms. The molecule has 0 N–H and O–H groups in total. The predicted octanol–water partition coefficient (Wildman–Crippen LogP) is 2.16. The number of hydrogen-bond acceptors (Lipinski definition) is 3. The fourth-order valence-electron chi connectivity index (χ4n) is 2.13. The first-order valence-electron chi connectivity index (χ1n) is 5.81. The van der Waals surface area contributed by atoms with Gasteiger partial charge >= 0.3 is 0 Å². The molecule has 4 nitrogen and oxygen atoms in total. The van der Waals surface area contributed by atoms with Gasteiger partial charge in [-0.15, -0.1) is 11.6 Å². The van der Waals surface area contributed by atoms with E-state index in [2.05, 4.69) is 0 Å². The Morgan fingerprint density at radius 2 is 2.17 bits per heavy atom. The van der Waals surface area contributed by atoms with Crippen molar-refractivity contribution in [1.82, 2.24) is 4.90 Å². The van der Waals surface area contributed by atoms with E-state index < -0.39 is 0 Å². The maximum Gasteiger partial charge on any atom is 0.257 e. The second-order valence-corrected chi connectivity index (χ2v) is 4.80. The SMILES string of the molecule is COc1cccc(C(=O)N2CCC(Cl)C2)c1OC. The Bertz CT molecular complexity index is 450. The van der Waals surface area contributed by atoms with Crippen LogP contribution in [0.1, 0.15) is 16.8 Å². The summed E-state index contributed by atoms with van der Waals surface area (Å²) in [5, 5.41) is 0.0468. The summed E-state index contributed by atoms with van der Waals surface area (Å²) in [5.41, 5.74) is 0.516. The number of hydrogen-bond donors (Lipinski definition) is 0. The first-order chi connectivity index (χ1) is 8.67. The summed E-state index contributed by atoms with van der Waals surface area (Å²) in [4.78, 5) is 14.1. The van der Waals surface area contributed by atoms with Gasteiger partial charge in [-0.2, -0.15) is 0 Å². The van der Waals surface area contributed by atoms with Gasteiger partial charge in [0.25, 0.3) is 5.91 Å². The predicted molar refractivity (Wildman–Crippen MR) is 69.7 cm³/mol. The molecule has 1 aromatic carbocycles. The van der Waals surface area contributed by atoms with Crippen molar-refractivity contribution in [2.24, 2.45) is 0 Å². The molecule has 1 unspecified atom stereocenters. The highest BCUT2D eigenvalue weighted by Crippen LogP contribution is 2.32. The standard InChI is InChI=1S/C13H16ClNO3/c1-17-11-5-3-4-10(12(11)18-2)13(16)15-7-6-9(14)8-15/h3-5,9H,6-8H2,1-2H3. The van der Waals surface area contributed by atoms with E-state index in [-0.39, 0.29) is 11.3 Å². The monoisotopic (exact) mass is 269 g/mol. The van der Waals surface area contributed by atoms with Crippen LogP contribution in [0.15, 0.2) is 18.2 Å². The summed E-state index contributed by atoms with van der Waals surface area (Å²) >= 11 is 6.02. The van der Waals surface area contributed by atoms with Crippen molar-refractivity contribution in [2.75, 3.05) is 27.3 Å². The minimum absolute atomic E-state index is 0.0468. The van der Waals surface area contributed by atoms with Gasteiger partial charge in [0.15, 0.2) is 11.5 Å². The molecule has 98 valence electrons. The highest BCUT2D eigenvalue weighted by Gasteiger charge is 2.28. The van der Waals surface area contributed by atoms with Gasteiger partial charge in [0.05, 0.1) is 25.2 Å². The molecule has 1 heterocycles. The van der Waals surface area contributed by atoms with Crippen LogP contribution in [0.5, 0.6) is 11.5 Å². The van der Waals surface area contributed by atoms with Crippen LogP contribution in [0.4, 0.5) is 0 Å². The zero-order chi connectivity index (χ0) is 13.1. The highest BCUT2D eigenvalue weighted by atomic mass is 35.5. The molecule has 1 atom stereocenters. The van der Waals surface area contributed by atoms with Gasteiger partial charge in [-0.05, 0) is 18.6 Å². The summed E-state index contributed by atoms with van der Waals surface area (Å²) in [5.74, 6) is 0.974. The number of alkyl halides is 1. The number of carbonyl (C=O) groups is 1. The third kappa shape index (κ3) is 2.38. The van der Waals surface area contributed by atoms with Crippen molar-refractivity contribution in [3.05, 3.63) is 23.8 Å². The molecule has 1 fully saturated rings. The van der Waals surface area contributed by atoms with E-state index in [9.17, 15) is 4.79 Å². The van der Waals surface area contributed by atoms with Crippen LogP contribution in [0, 0.1) is 0 Å². The Labute approximate surface area is 111 Å². The van der Waals surface area contributed by atoms with E-state index in [1.54, 1.807) is 30.2 Å². The van der Waals surface area contributed by atoms with Gasteiger partial charge in [0.1, 0.15) is 0 Å². The van der Waals surface area contributed by atoms with Crippen LogP contribution in [0.3, 0.4) is 0 Å². The number of methoxy groups -OCH3 is 2. The van der Waals surface area contributed by atoms with Crippen LogP contribution in [-0.4, -0.2) is 43.5 Å². The van der Waals surface area contributed by atoms with E-state index in [1.165, 1.54) is 7.11 Å². The number of amides is 1. The average molecular weight is 270 g/mol. The number of halogens is 1. The molecular formula is C13H16ClNO3. The lowest BCUT2D eigenvalue weighted by atomic mass is 10.1. The molecule has 0 aromatic heterocycles. The smallest absolute Gasteiger partial charge is 0.257 e. The van der Waals surface area contributed by atoms with Crippen molar-refractivity contribution < 1.29 is 14.3 Å². The summed E-state index contributed by atoms with van der Waals surface area (Å²) in [7, 11) is 3.08. The van der Waals surface area contributed by atoms with Gasteiger partial charge in [0, 0.05) is 13.1 Å². The number of carbonyl (C=O) groups excluding carboxylic acids is 1. The molecule has 1 saturated heterocycles. The second-order valence-electron chi connectivity index (χ2n) is 4.18. The van der Waals surface area contributed by atoms with Crippen LogP contribution >= 0.6 is 11.6 Å². The maximum absolute atomic E-state index is 12.4. The van der Waals surface area contributed by atoms with Crippen LogP contribution in [0.2, 0.25) is 0 Å². The molecule has 0 radical (unpaired) electrons. The van der Waals surface area contributed by atoms with Crippen molar-refractivity contribution in [3.8, 4) is 11.5 Å². The summed E-state index contributed by atoms with van der Waals surface area (Å²) in [6.07, 6.45) is 0.833. The number of rotatable bonds is 3.